The summed E-state index contributed by atoms with van der Waals surface area (Å²) in [6.07, 6.45) is -0.0966. The van der Waals surface area contributed by atoms with Crippen LogP contribution in [0.2, 0.25) is 10.0 Å². The maximum absolute atomic E-state index is 13.3. The van der Waals surface area contributed by atoms with Gasteiger partial charge in [0.1, 0.15) is 17.5 Å². The maximum Gasteiger partial charge on any atom is 0.232 e. The summed E-state index contributed by atoms with van der Waals surface area (Å²) >= 11 is 11.9. The number of carbonyl (C=O) groups excluding carboxylic acids is 1. The van der Waals surface area contributed by atoms with E-state index in [-0.39, 0.29) is 5.91 Å². The van der Waals surface area contributed by atoms with Crippen molar-refractivity contribution in [3.8, 4) is 5.75 Å². The molecular weight excluding hydrogens is 397 g/mol. The molecule has 150 valence electrons. The van der Waals surface area contributed by atoms with Gasteiger partial charge in [-0.25, -0.2) is 0 Å². The number of benzene rings is 2. The van der Waals surface area contributed by atoms with Crippen molar-refractivity contribution in [2.45, 2.75) is 44.3 Å². The third-order valence-electron chi connectivity index (χ3n) is 5.45. The second kappa shape index (κ2) is 7.94. The highest BCUT2D eigenvalue weighted by molar-refractivity contribution is 6.30. The van der Waals surface area contributed by atoms with Gasteiger partial charge < -0.3 is 14.7 Å². The van der Waals surface area contributed by atoms with E-state index < -0.39 is 17.1 Å². The number of likely N-dealkylation sites (tertiary alicyclic amines) is 1. The molecule has 6 heteroatoms. The minimum Gasteiger partial charge on any atom is -0.486 e. The van der Waals surface area contributed by atoms with Gasteiger partial charge in [0.25, 0.3) is 0 Å². The summed E-state index contributed by atoms with van der Waals surface area (Å²) in [5.41, 5.74) is -0.839. The highest BCUT2D eigenvalue weighted by Crippen LogP contribution is 2.32. The first-order chi connectivity index (χ1) is 13.1. The fraction of sp³-hybridized carbons (Fsp3) is 0.409. The normalized spacial score (nSPS) is 22.8. The van der Waals surface area contributed by atoms with Crippen LogP contribution in [0.4, 0.5) is 0 Å². The van der Waals surface area contributed by atoms with Crippen molar-refractivity contribution >= 4 is 29.1 Å². The largest absolute Gasteiger partial charge is 0.486 e. The van der Waals surface area contributed by atoms with E-state index in [1.807, 2.05) is 26.0 Å². The van der Waals surface area contributed by atoms with Crippen molar-refractivity contribution in [2.24, 2.45) is 0 Å². The van der Waals surface area contributed by atoms with Gasteiger partial charge >= 0.3 is 0 Å². The second-order valence-corrected chi connectivity index (χ2v) is 8.92. The van der Waals surface area contributed by atoms with Crippen molar-refractivity contribution in [1.82, 2.24) is 4.90 Å². The van der Waals surface area contributed by atoms with E-state index in [9.17, 15) is 9.90 Å². The Balaban J connectivity index is 1.77. The van der Waals surface area contributed by atoms with E-state index in [1.165, 1.54) is 0 Å². The minimum atomic E-state index is -1.03. The Labute approximate surface area is 176 Å². The summed E-state index contributed by atoms with van der Waals surface area (Å²) in [4.78, 5) is 15.1. The predicted octanol–water partition coefficient (Wildman–Crippen LogP) is 4.70. The molecule has 0 saturated carbocycles. The van der Waals surface area contributed by atoms with E-state index in [4.69, 9.17) is 27.9 Å². The number of halogens is 2. The molecule has 4 nitrogen and oxygen atoms in total. The first-order valence-electron chi connectivity index (χ1n) is 9.29. The number of hydrogen-bond donors (Lipinski definition) is 1. The van der Waals surface area contributed by atoms with Crippen molar-refractivity contribution in [3.05, 3.63) is 64.1 Å². The molecule has 0 radical (unpaired) electrons. The highest BCUT2D eigenvalue weighted by Gasteiger charge is 2.44. The molecule has 2 aromatic rings. The van der Waals surface area contributed by atoms with Gasteiger partial charge in [-0.3, -0.25) is 4.79 Å². The Bertz CT molecular complexity index is 832. The zero-order valence-corrected chi connectivity index (χ0v) is 17.8. The Morgan fingerprint density at radius 3 is 2.21 bits per heavy atom. The molecule has 1 amide bonds. The summed E-state index contributed by atoms with van der Waals surface area (Å²) in [5, 5.41) is 12.0. The lowest BCUT2D eigenvalue weighted by molar-refractivity contribution is -0.148. The van der Waals surface area contributed by atoms with Gasteiger partial charge in [-0.05, 0) is 69.2 Å². The van der Waals surface area contributed by atoms with Crippen molar-refractivity contribution in [2.75, 3.05) is 13.1 Å². The number of rotatable bonds is 4. The third kappa shape index (κ3) is 4.45. The molecule has 0 spiro atoms. The molecule has 0 bridgehead atoms. The third-order valence-corrected chi connectivity index (χ3v) is 5.95. The summed E-state index contributed by atoms with van der Waals surface area (Å²) in [7, 11) is 0. The molecule has 2 atom stereocenters. The molecule has 1 heterocycles. The van der Waals surface area contributed by atoms with E-state index >= 15 is 0 Å². The lowest BCUT2D eigenvalue weighted by atomic mass is 9.81. The van der Waals surface area contributed by atoms with Crippen LogP contribution in [0.3, 0.4) is 0 Å². The smallest absolute Gasteiger partial charge is 0.232 e. The molecule has 3 rings (SSSR count). The maximum atomic E-state index is 13.3. The first-order valence-corrected chi connectivity index (χ1v) is 10.1. The molecule has 28 heavy (non-hydrogen) atoms. The number of nitrogens with zero attached hydrogens (tertiary/aromatic N) is 1. The van der Waals surface area contributed by atoms with E-state index in [0.29, 0.717) is 35.3 Å². The van der Waals surface area contributed by atoms with Gasteiger partial charge in [0.05, 0.1) is 12.0 Å². The number of carbonyl (C=O) groups is 1. The lowest BCUT2D eigenvalue weighted by Crippen LogP contribution is -2.59. The molecule has 0 aromatic heterocycles. The summed E-state index contributed by atoms with van der Waals surface area (Å²) < 4.78 is 6.02. The monoisotopic (exact) mass is 421 g/mol. The van der Waals surface area contributed by atoms with Gasteiger partial charge in [0.15, 0.2) is 0 Å². The average molecular weight is 422 g/mol. The minimum absolute atomic E-state index is 0.00460. The average Bonchev–Trinajstić information content (AvgIpc) is 2.65. The van der Waals surface area contributed by atoms with Crippen LogP contribution in [0.25, 0.3) is 0 Å². The summed E-state index contributed by atoms with van der Waals surface area (Å²) in [5.74, 6) is 0.607. The van der Waals surface area contributed by atoms with Crippen LogP contribution in [-0.4, -0.2) is 40.7 Å². The molecule has 1 N–H and O–H groups in total. The Morgan fingerprint density at radius 1 is 1.11 bits per heavy atom. The van der Waals surface area contributed by atoms with Crippen molar-refractivity contribution in [1.29, 1.82) is 0 Å². The molecule has 1 aliphatic heterocycles. The quantitative estimate of drug-likeness (QED) is 0.777. The van der Waals surface area contributed by atoms with Crippen LogP contribution in [0.15, 0.2) is 48.5 Å². The number of ether oxygens (including phenoxy) is 1. The van der Waals surface area contributed by atoms with E-state index in [2.05, 4.69) is 0 Å². The second-order valence-electron chi connectivity index (χ2n) is 8.05. The molecule has 0 aliphatic carbocycles. The van der Waals surface area contributed by atoms with Gasteiger partial charge in [0.2, 0.25) is 5.91 Å². The Kier molecular flexibility index (Phi) is 5.95. The lowest BCUT2D eigenvalue weighted by Gasteiger charge is -2.44. The number of aliphatic hydroxyl groups is 1. The van der Waals surface area contributed by atoms with Gasteiger partial charge in [-0.2, -0.15) is 0 Å². The zero-order valence-electron chi connectivity index (χ0n) is 16.3. The Morgan fingerprint density at radius 2 is 1.64 bits per heavy atom. The molecule has 1 aliphatic rings. The van der Waals surface area contributed by atoms with Crippen LogP contribution < -0.4 is 4.74 Å². The molecular formula is C22H25Cl2NO3. The van der Waals surface area contributed by atoms with Gasteiger partial charge in [-0.15, -0.1) is 0 Å². The van der Waals surface area contributed by atoms with E-state index in [0.717, 1.165) is 5.56 Å². The zero-order chi connectivity index (χ0) is 20.5. The SMILES string of the molecule is CC(C)(C(=O)N1CC[C@](C)(O)[C@@H](Oc2ccc(Cl)cc2)C1)c1ccc(Cl)cc1. The number of piperidine rings is 1. The highest BCUT2D eigenvalue weighted by atomic mass is 35.5. The van der Waals surface area contributed by atoms with Crippen LogP contribution in [0.1, 0.15) is 32.8 Å². The Hall–Kier alpha value is -1.75. The van der Waals surface area contributed by atoms with Gasteiger partial charge in [-0.1, -0.05) is 35.3 Å². The fourth-order valence-electron chi connectivity index (χ4n) is 3.42. The molecule has 1 fully saturated rings. The number of amides is 1. The predicted molar refractivity (Wildman–Crippen MR) is 112 cm³/mol. The van der Waals surface area contributed by atoms with E-state index in [1.54, 1.807) is 48.2 Å². The fourth-order valence-corrected chi connectivity index (χ4v) is 3.67. The number of hydrogen-bond acceptors (Lipinski definition) is 3. The van der Waals surface area contributed by atoms with Crippen LogP contribution in [0, 0.1) is 0 Å². The van der Waals surface area contributed by atoms with Crippen LogP contribution in [0.5, 0.6) is 5.75 Å². The first kappa shape index (κ1) is 21.0. The summed E-state index contributed by atoms with van der Waals surface area (Å²) in [6.45, 7) is 6.34. The molecule has 1 saturated heterocycles. The van der Waals surface area contributed by atoms with Crippen LogP contribution >= 0.6 is 23.2 Å². The van der Waals surface area contributed by atoms with Crippen LogP contribution in [-0.2, 0) is 10.2 Å². The van der Waals surface area contributed by atoms with Crippen molar-refractivity contribution in [3.63, 3.8) is 0 Å². The summed E-state index contributed by atoms with van der Waals surface area (Å²) in [6, 6.07) is 14.3. The standard InChI is InChI=1S/C22H25Cl2NO3/c1-21(2,15-4-6-16(23)7-5-15)20(26)25-13-12-22(3,27)19(14-25)28-18-10-8-17(24)9-11-18/h4-11,19,27H,12-14H2,1-3H3/t19-,22-/m0/s1. The topological polar surface area (TPSA) is 49.8 Å². The van der Waals surface area contributed by atoms with Crippen molar-refractivity contribution < 1.29 is 14.6 Å². The molecule has 2 aromatic carbocycles. The molecule has 0 unspecified atom stereocenters. The van der Waals surface area contributed by atoms with Gasteiger partial charge in [0, 0.05) is 16.6 Å².